The summed E-state index contributed by atoms with van der Waals surface area (Å²) in [4.78, 5) is 24.0. The molecule has 2 aromatic rings. The highest BCUT2D eigenvalue weighted by molar-refractivity contribution is 5.97. The van der Waals surface area contributed by atoms with Gasteiger partial charge in [0.05, 0.1) is 7.11 Å². The number of rotatable bonds is 6. The third-order valence-corrected chi connectivity index (χ3v) is 4.05. The summed E-state index contributed by atoms with van der Waals surface area (Å²) in [6.45, 7) is 7.34. The van der Waals surface area contributed by atoms with Crippen molar-refractivity contribution in [2.24, 2.45) is 5.92 Å². The van der Waals surface area contributed by atoms with E-state index in [1.807, 2.05) is 20.8 Å². The Kier molecular flexibility index (Phi) is 5.49. The van der Waals surface area contributed by atoms with Gasteiger partial charge in [0.15, 0.2) is 6.61 Å². The zero-order chi connectivity index (χ0) is 17.9. The zero-order valence-electron chi connectivity index (χ0n) is 14.6. The second kappa shape index (κ2) is 7.38. The molecule has 0 unspecified atom stereocenters. The van der Waals surface area contributed by atoms with Crippen LogP contribution in [0.25, 0.3) is 11.0 Å². The predicted octanol–water partition coefficient (Wildman–Crippen LogP) is 3.07. The Balaban J connectivity index is 2.06. The van der Waals surface area contributed by atoms with E-state index in [-0.39, 0.29) is 24.3 Å². The molecule has 0 spiro atoms. The van der Waals surface area contributed by atoms with E-state index in [9.17, 15) is 9.59 Å². The number of benzene rings is 1. The Morgan fingerprint density at radius 3 is 2.58 bits per heavy atom. The number of ether oxygens (including phenoxy) is 2. The molecule has 1 N–H and O–H groups in total. The summed E-state index contributed by atoms with van der Waals surface area (Å²) >= 11 is 0. The number of hydrogen-bond donors (Lipinski definition) is 1. The average molecular weight is 333 g/mol. The summed E-state index contributed by atoms with van der Waals surface area (Å²) in [5, 5.41) is 3.56. The molecule has 2 rings (SSSR count). The van der Waals surface area contributed by atoms with Crippen LogP contribution in [0.1, 0.15) is 36.9 Å². The minimum absolute atomic E-state index is 0.0107. The lowest BCUT2D eigenvalue weighted by molar-refractivity contribution is -0.125. The number of methoxy groups -OCH3 is 1. The molecule has 1 heterocycles. The first-order valence-corrected chi connectivity index (χ1v) is 7.87. The van der Waals surface area contributed by atoms with Crippen molar-refractivity contribution in [3.05, 3.63) is 29.5 Å². The maximum atomic E-state index is 12.2. The minimum Gasteiger partial charge on any atom is -0.497 e. The average Bonchev–Trinajstić information content (AvgIpc) is 2.88. The topological polar surface area (TPSA) is 77.8 Å². The van der Waals surface area contributed by atoms with Crippen LogP contribution in [0.5, 0.6) is 5.75 Å². The molecule has 0 fully saturated rings. The Bertz CT molecular complexity index is 747. The fourth-order valence-corrected chi connectivity index (χ4v) is 2.18. The summed E-state index contributed by atoms with van der Waals surface area (Å²) in [5.74, 6) is 0.0866. The van der Waals surface area contributed by atoms with Crippen LogP contribution in [-0.2, 0) is 9.53 Å². The van der Waals surface area contributed by atoms with Crippen molar-refractivity contribution in [1.82, 2.24) is 5.32 Å². The SMILES string of the molecule is COc1ccc2oc(C(=O)OCC(=O)N[C@H](C)C(C)C)c(C)c2c1. The number of amides is 1. The van der Waals surface area contributed by atoms with Gasteiger partial charge in [-0.15, -0.1) is 0 Å². The molecule has 0 bridgehead atoms. The van der Waals surface area contributed by atoms with E-state index < -0.39 is 5.97 Å². The lowest BCUT2D eigenvalue weighted by atomic mass is 10.1. The van der Waals surface area contributed by atoms with Gasteiger partial charge in [0, 0.05) is 17.0 Å². The van der Waals surface area contributed by atoms with Gasteiger partial charge in [-0.05, 0) is 38.0 Å². The fourth-order valence-electron chi connectivity index (χ4n) is 2.18. The molecule has 6 heteroatoms. The lowest BCUT2D eigenvalue weighted by Crippen LogP contribution is -2.38. The summed E-state index contributed by atoms with van der Waals surface area (Å²) in [6, 6.07) is 5.29. The zero-order valence-corrected chi connectivity index (χ0v) is 14.6. The molecule has 6 nitrogen and oxygen atoms in total. The van der Waals surface area contributed by atoms with Crippen LogP contribution in [0.2, 0.25) is 0 Å². The number of aryl methyl sites for hydroxylation is 1. The predicted molar refractivity (Wildman–Crippen MR) is 90.2 cm³/mol. The first-order valence-electron chi connectivity index (χ1n) is 7.87. The van der Waals surface area contributed by atoms with Crippen LogP contribution in [-0.4, -0.2) is 31.6 Å². The second-order valence-electron chi connectivity index (χ2n) is 6.09. The van der Waals surface area contributed by atoms with Crippen LogP contribution >= 0.6 is 0 Å². The Labute approximate surface area is 141 Å². The Morgan fingerprint density at radius 2 is 1.96 bits per heavy atom. The highest BCUT2D eigenvalue weighted by Crippen LogP contribution is 2.29. The van der Waals surface area contributed by atoms with Gasteiger partial charge in [-0.25, -0.2) is 4.79 Å². The van der Waals surface area contributed by atoms with Gasteiger partial charge in [-0.2, -0.15) is 0 Å². The second-order valence-corrected chi connectivity index (χ2v) is 6.09. The maximum Gasteiger partial charge on any atom is 0.375 e. The first kappa shape index (κ1) is 17.8. The van der Waals surface area contributed by atoms with Crippen molar-refractivity contribution in [3.63, 3.8) is 0 Å². The number of hydrogen-bond acceptors (Lipinski definition) is 5. The number of esters is 1. The third kappa shape index (κ3) is 3.88. The molecular formula is C18H23NO5. The molecular weight excluding hydrogens is 310 g/mol. The Hall–Kier alpha value is -2.50. The molecule has 1 amide bonds. The van der Waals surface area contributed by atoms with Crippen molar-refractivity contribution in [3.8, 4) is 5.75 Å². The number of furan rings is 1. The third-order valence-electron chi connectivity index (χ3n) is 4.05. The van der Waals surface area contributed by atoms with Gasteiger partial charge >= 0.3 is 5.97 Å². The quantitative estimate of drug-likeness (QED) is 0.822. The van der Waals surface area contributed by atoms with Crippen LogP contribution < -0.4 is 10.1 Å². The lowest BCUT2D eigenvalue weighted by Gasteiger charge is -2.17. The number of fused-ring (bicyclic) bond motifs is 1. The molecule has 0 radical (unpaired) electrons. The van der Waals surface area contributed by atoms with Crippen molar-refractivity contribution >= 4 is 22.8 Å². The number of carbonyl (C=O) groups is 2. The van der Waals surface area contributed by atoms with Crippen LogP contribution in [0.3, 0.4) is 0 Å². The maximum absolute atomic E-state index is 12.2. The van der Waals surface area contributed by atoms with Crippen LogP contribution in [0.15, 0.2) is 22.6 Å². The van der Waals surface area contributed by atoms with E-state index in [1.165, 1.54) is 0 Å². The summed E-state index contributed by atoms with van der Waals surface area (Å²) in [6.07, 6.45) is 0. The molecule has 0 aliphatic rings. The number of nitrogens with one attached hydrogen (secondary N) is 1. The summed E-state index contributed by atoms with van der Waals surface area (Å²) in [5.41, 5.74) is 1.22. The molecule has 0 aliphatic carbocycles. The number of carbonyl (C=O) groups excluding carboxylic acids is 2. The van der Waals surface area contributed by atoms with E-state index in [0.717, 1.165) is 5.39 Å². The van der Waals surface area contributed by atoms with Gasteiger partial charge in [0.25, 0.3) is 5.91 Å². The highest BCUT2D eigenvalue weighted by atomic mass is 16.5. The Morgan fingerprint density at radius 1 is 1.25 bits per heavy atom. The monoisotopic (exact) mass is 333 g/mol. The van der Waals surface area contributed by atoms with E-state index in [0.29, 0.717) is 22.8 Å². The van der Waals surface area contributed by atoms with E-state index >= 15 is 0 Å². The molecule has 1 atom stereocenters. The summed E-state index contributed by atoms with van der Waals surface area (Å²) < 4.78 is 15.8. The van der Waals surface area contributed by atoms with Crippen molar-refractivity contribution in [2.45, 2.75) is 33.7 Å². The summed E-state index contributed by atoms with van der Waals surface area (Å²) in [7, 11) is 1.57. The van der Waals surface area contributed by atoms with Crippen molar-refractivity contribution < 1.29 is 23.5 Å². The van der Waals surface area contributed by atoms with E-state index in [1.54, 1.807) is 32.2 Å². The van der Waals surface area contributed by atoms with E-state index in [4.69, 9.17) is 13.9 Å². The molecule has 24 heavy (non-hydrogen) atoms. The first-order chi connectivity index (χ1) is 11.3. The van der Waals surface area contributed by atoms with E-state index in [2.05, 4.69) is 5.32 Å². The fraction of sp³-hybridized carbons (Fsp3) is 0.444. The molecule has 0 saturated heterocycles. The van der Waals surface area contributed by atoms with Crippen molar-refractivity contribution in [1.29, 1.82) is 0 Å². The largest absolute Gasteiger partial charge is 0.497 e. The van der Waals surface area contributed by atoms with Crippen LogP contribution in [0.4, 0.5) is 0 Å². The van der Waals surface area contributed by atoms with Crippen LogP contribution in [0, 0.1) is 12.8 Å². The molecule has 1 aromatic carbocycles. The normalized spacial score (nSPS) is 12.2. The van der Waals surface area contributed by atoms with Gasteiger partial charge in [0.1, 0.15) is 11.3 Å². The minimum atomic E-state index is -0.657. The molecule has 0 saturated carbocycles. The molecule has 0 aliphatic heterocycles. The smallest absolute Gasteiger partial charge is 0.375 e. The van der Waals surface area contributed by atoms with Gasteiger partial charge < -0.3 is 19.2 Å². The van der Waals surface area contributed by atoms with Crippen molar-refractivity contribution in [2.75, 3.05) is 13.7 Å². The molecule has 1 aromatic heterocycles. The molecule has 130 valence electrons. The standard InChI is InChI=1S/C18H23NO5/c1-10(2)12(4)19-16(20)9-23-18(21)17-11(3)14-8-13(22-5)6-7-15(14)24-17/h6-8,10,12H,9H2,1-5H3,(H,19,20)/t12-/m1/s1. The van der Waals surface area contributed by atoms with Gasteiger partial charge in [-0.3, -0.25) is 4.79 Å². The van der Waals surface area contributed by atoms with Gasteiger partial charge in [0.2, 0.25) is 5.76 Å². The van der Waals surface area contributed by atoms with Gasteiger partial charge in [-0.1, -0.05) is 13.8 Å². The highest BCUT2D eigenvalue weighted by Gasteiger charge is 2.21.